The van der Waals surface area contributed by atoms with Crippen molar-refractivity contribution in [3.8, 4) is 0 Å². The maximum Gasteiger partial charge on any atom is 0.319 e. The number of amides is 2. The molecule has 3 heteroatoms. The first-order chi connectivity index (χ1) is 5.83. The number of hydrogen-bond donors (Lipinski definition) is 2. The Hall–Kier alpha value is -1.25. The monoisotopic (exact) mass is 170 g/mol. The fraction of sp³-hybridized carbons (Fsp3) is 0.444. The molecule has 70 valence electrons. The van der Waals surface area contributed by atoms with Crippen molar-refractivity contribution in [2.45, 2.75) is 19.8 Å². The van der Waals surface area contributed by atoms with Crippen LogP contribution in [-0.2, 0) is 0 Å². The first-order valence-corrected chi connectivity index (χ1v) is 4.24. The third kappa shape index (κ3) is 2.78. The Kier molecular flexibility index (Phi) is 3.38. The summed E-state index contributed by atoms with van der Waals surface area (Å²) in [6.07, 6.45) is 8.09. The summed E-state index contributed by atoms with van der Waals surface area (Å²) >= 11 is 0. The van der Waals surface area contributed by atoms with Crippen molar-refractivity contribution in [2.24, 2.45) is 0 Å². The fourth-order valence-corrected chi connectivity index (χ4v) is 1.04. The van der Waals surface area contributed by atoms with Crippen molar-refractivity contribution >= 4 is 6.03 Å². The molecule has 1 aliphatic rings. The summed E-state index contributed by atoms with van der Waals surface area (Å²) in [5.41, 5.74) is 0.896. The Morgan fingerprint density at radius 3 is 3.08 bits per heavy atom. The molecule has 1 rings (SSSR count). The summed E-state index contributed by atoms with van der Waals surface area (Å²) in [5, 5.41) is 5.41. The van der Waals surface area contributed by atoms with E-state index >= 15 is 0 Å². The predicted molar refractivity (Wildman–Crippen MR) is 52.9 cm³/mol. The number of allylic oxidation sites excluding steroid dienone is 3. The molecule has 0 saturated heterocycles. The smallest absolute Gasteiger partial charge is 0.319 e. The van der Waals surface area contributed by atoms with Crippen LogP contribution < -0.4 is 10.6 Å². The quantitative estimate of drug-likeness (QED) is 0.654. The van der Waals surface area contributed by atoms with Gasteiger partial charge in [-0.2, -0.15) is 0 Å². The van der Waals surface area contributed by atoms with Crippen LogP contribution in [0.3, 0.4) is 0 Å². The lowest BCUT2D eigenvalue weighted by molar-refractivity contribution is 0.244. The maximum atomic E-state index is 11.0. The standard InChI is InChI=1S/C9H14N2O.2H2/c1-2-10-9(12)11-8-6-4-3-5-7-8;;/h4,6-7H,2-3,5H2,1H3,(H2,10,11,12);2*1H. The van der Waals surface area contributed by atoms with Gasteiger partial charge in [-0.05, 0) is 25.8 Å². The van der Waals surface area contributed by atoms with Crippen molar-refractivity contribution in [3.63, 3.8) is 0 Å². The average Bonchev–Trinajstić information content (AvgIpc) is 2.06. The third-order valence-electron chi connectivity index (χ3n) is 1.59. The average molecular weight is 170 g/mol. The molecular weight excluding hydrogens is 152 g/mol. The van der Waals surface area contributed by atoms with E-state index in [2.05, 4.69) is 16.7 Å². The highest BCUT2D eigenvalue weighted by molar-refractivity contribution is 5.76. The van der Waals surface area contributed by atoms with Crippen molar-refractivity contribution in [1.29, 1.82) is 0 Å². The van der Waals surface area contributed by atoms with Crippen LogP contribution in [0.25, 0.3) is 0 Å². The summed E-state index contributed by atoms with van der Waals surface area (Å²) < 4.78 is 0. The van der Waals surface area contributed by atoms with Crippen molar-refractivity contribution in [3.05, 3.63) is 23.9 Å². The molecule has 0 atom stereocenters. The summed E-state index contributed by atoms with van der Waals surface area (Å²) in [6, 6.07) is -0.129. The molecule has 0 aliphatic heterocycles. The number of carbonyl (C=O) groups is 1. The molecule has 0 bridgehead atoms. The van der Waals surface area contributed by atoms with E-state index < -0.39 is 0 Å². The second kappa shape index (κ2) is 4.59. The Labute approximate surface area is 75.5 Å². The van der Waals surface area contributed by atoms with Crippen LogP contribution in [0.4, 0.5) is 4.79 Å². The fourth-order valence-electron chi connectivity index (χ4n) is 1.04. The molecule has 0 heterocycles. The lowest BCUT2D eigenvalue weighted by atomic mass is 10.1. The molecule has 12 heavy (non-hydrogen) atoms. The van der Waals surface area contributed by atoms with Gasteiger partial charge in [0.25, 0.3) is 0 Å². The van der Waals surface area contributed by atoms with E-state index in [0.29, 0.717) is 6.54 Å². The van der Waals surface area contributed by atoms with Gasteiger partial charge in [0.05, 0.1) is 0 Å². The number of urea groups is 1. The van der Waals surface area contributed by atoms with Crippen LogP contribution >= 0.6 is 0 Å². The summed E-state index contributed by atoms with van der Waals surface area (Å²) in [5.74, 6) is 0. The Morgan fingerprint density at radius 2 is 2.50 bits per heavy atom. The van der Waals surface area contributed by atoms with Gasteiger partial charge in [-0.3, -0.25) is 0 Å². The molecule has 1 aliphatic carbocycles. The number of nitrogens with one attached hydrogen (secondary N) is 2. The van der Waals surface area contributed by atoms with Gasteiger partial charge in [-0.15, -0.1) is 0 Å². The van der Waals surface area contributed by atoms with Gasteiger partial charge in [0, 0.05) is 15.1 Å². The molecule has 0 spiro atoms. The molecule has 0 unspecified atom stereocenters. The van der Waals surface area contributed by atoms with Gasteiger partial charge in [0.1, 0.15) is 0 Å². The minimum atomic E-state index is -0.129. The van der Waals surface area contributed by atoms with E-state index in [1.165, 1.54) is 0 Å². The zero-order valence-corrected chi connectivity index (χ0v) is 7.26. The van der Waals surface area contributed by atoms with E-state index in [4.69, 9.17) is 0 Å². The molecule has 2 amide bonds. The predicted octanol–water partition coefficient (Wildman–Crippen LogP) is 2.03. The van der Waals surface area contributed by atoms with Gasteiger partial charge in [-0.25, -0.2) is 4.79 Å². The van der Waals surface area contributed by atoms with Gasteiger partial charge in [-0.1, -0.05) is 12.2 Å². The van der Waals surface area contributed by atoms with E-state index in [0.717, 1.165) is 18.5 Å². The molecule has 0 saturated carbocycles. The zero-order chi connectivity index (χ0) is 8.81. The molecule has 3 nitrogen and oxygen atoms in total. The molecule has 0 aromatic carbocycles. The Bertz CT molecular complexity index is 227. The lowest BCUT2D eigenvalue weighted by Crippen LogP contribution is -2.34. The second-order valence-electron chi connectivity index (χ2n) is 2.62. The molecule has 0 radical (unpaired) electrons. The lowest BCUT2D eigenvalue weighted by Gasteiger charge is -2.08. The first-order valence-electron chi connectivity index (χ1n) is 4.24. The number of rotatable bonds is 2. The number of carbonyl (C=O) groups excluding carboxylic acids is 1. The van der Waals surface area contributed by atoms with Gasteiger partial charge in [0.2, 0.25) is 0 Å². The molecule has 0 aromatic heterocycles. The summed E-state index contributed by atoms with van der Waals surface area (Å²) in [4.78, 5) is 11.0. The minimum absolute atomic E-state index is 0. The van der Waals surface area contributed by atoms with E-state index in [9.17, 15) is 4.79 Å². The topological polar surface area (TPSA) is 41.1 Å². The zero-order valence-electron chi connectivity index (χ0n) is 7.26. The molecular formula is C9H18N2O. The highest BCUT2D eigenvalue weighted by atomic mass is 16.2. The molecule has 2 N–H and O–H groups in total. The van der Waals surface area contributed by atoms with E-state index in [1.54, 1.807) is 0 Å². The minimum Gasteiger partial charge on any atom is -0.338 e. The maximum absolute atomic E-state index is 11.0. The van der Waals surface area contributed by atoms with Crippen molar-refractivity contribution in [2.75, 3.05) is 6.54 Å². The second-order valence-corrected chi connectivity index (χ2v) is 2.62. The van der Waals surface area contributed by atoms with E-state index in [1.807, 2.05) is 19.1 Å². The first kappa shape index (κ1) is 8.84. The van der Waals surface area contributed by atoms with Crippen LogP contribution in [0, 0.1) is 0 Å². The third-order valence-corrected chi connectivity index (χ3v) is 1.59. The Morgan fingerprint density at radius 1 is 1.67 bits per heavy atom. The molecule has 0 fully saturated rings. The summed E-state index contributed by atoms with van der Waals surface area (Å²) in [6.45, 7) is 2.55. The SMILES string of the molecule is CCNC(=O)NC1=CCCC=C1.[HH].[HH]. The van der Waals surface area contributed by atoms with Crippen LogP contribution in [0.15, 0.2) is 23.9 Å². The largest absolute Gasteiger partial charge is 0.338 e. The number of hydrogen-bond acceptors (Lipinski definition) is 1. The van der Waals surface area contributed by atoms with Crippen LogP contribution in [0.1, 0.15) is 22.6 Å². The van der Waals surface area contributed by atoms with Gasteiger partial charge < -0.3 is 10.6 Å². The van der Waals surface area contributed by atoms with Gasteiger partial charge in [0.15, 0.2) is 0 Å². The highest BCUT2D eigenvalue weighted by Crippen LogP contribution is 2.05. The van der Waals surface area contributed by atoms with Crippen LogP contribution in [-0.4, -0.2) is 12.6 Å². The van der Waals surface area contributed by atoms with Crippen molar-refractivity contribution in [1.82, 2.24) is 10.6 Å². The molecule has 0 aromatic rings. The normalized spacial score (nSPS) is 15.2. The van der Waals surface area contributed by atoms with Crippen LogP contribution in [0.5, 0.6) is 0 Å². The van der Waals surface area contributed by atoms with Crippen LogP contribution in [0.2, 0.25) is 0 Å². The Balaban J connectivity index is 0. The highest BCUT2D eigenvalue weighted by Gasteiger charge is 2.00. The van der Waals surface area contributed by atoms with E-state index in [-0.39, 0.29) is 8.88 Å². The van der Waals surface area contributed by atoms with Gasteiger partial charge >= 0.3 is 6.03 Å². The van der Waals surface area contributed by atoms with Crippen molar-refractivity contribution < 1.29 is 7.65 Å². The summed E-state index contributed by atoms with van der Waals surface area (Å²) in [7, 11) is 0.